The van der Waals surface area contributed by atoms with Gasteiger partial charge in [0.25, 0.3) is 5.91 Å². The molecule has 0 bridgehead atoms. The number of nitrogen functional groups attached to an aromatic ring is 1. The number of aryl methyl sites for hydroxylation is 1. The first-order valence-corrected chi connectivity index (χ1v) is 6.92. The molecule has 3 N–H and O–H groups in total. The zero-order chi connectivity index (χ0) is 15.8. The normalized spacial score (nSPS) is 11.5. The van der Waals surface area contributed by atoms with E-state index < -0.39 is 0 Å². The van der Waals surface area contributed by atoms with E-state index in [1.807, 2.05) is 30.7 Å². The van der Waals surface area contributed by atoms with Gasteiger partial charge in [0.15, 0.2) is 0 Å². The molecule has 0 aliphatic heterocycles. The van der Waals surface area contributed by atoms with Gasteiger partial charge < -0.3 is 11.1 Å². The van der Waals surface area contributed by atoms with E-state index >= 15 is 0 Å². The van der Waals surface area contributed by atoms with Crippen molar-refractivity contribution < 1.29 is 4.79 Å². The van der Waals surface area contributed by atoms with Gasteiger partial charge in [-0.1, -0.05) is 6.07 Å². The summed E-state index contributed by atoms with van der Waals surface area (Å²) in [5.41, 5.74) is 9.35. The van der Waals surface area contributed by atoms with Crippen molar-refractivity contribution >= 4 is 17.3 Å². The first kappa shape index (κ1) is 15.1. The highest BCUT2D eigenvalue weighted by molar-refractivity contribution is 6.05. The van der Waals surface area contributed by atoms with Crippen LogP contribution in [0.1, 0.15) is 42.4 Å². The summed E-state index contributed by atoms with van der Waals surface area (Å²) < 4.78 is 1.86. The summed E-state index contributed by atoms with van der Waals surface area (Å²) >= 11 is 0. The Balaban J connectivity index is 2.29. The molecule has 1 aromatic heterocycles. The van der Waals surface area contributed by atoms with Crippen LogP contribution in [0.3, 0.4) is 0 Å². The number of nitrogens with two attached hydrogens (primary N) is 1. The van der Waals surface area contributed by atoms with Crippen LogP contribution in [0.5, 0.6) is 0 Å². The Labute approximate surface area is 125 Å². The maximum absolute atomic E-state index is 12.4. The molecule has 2 rings (SSSR count). The number of anilines is 2. The van der Waals surface area contributed by atoms with Crippen LogP contribution in [-0.2, 0) is 5.54 Å². The van der Waals surface area contributed by atoms with Crippen LogP contribution in [0.15, 0.2) is 24.4 Å². The first-order valence-electron chi connectivity index (χ1n) is 6.92. The Hall–Kier alpha value is -2.30. The molecule has 5 nitrogen and oxygen atoms in total. The van der Waals surface area contributed by atoms with E-state index in [2.05, 4.69) is 31.2 Å². The van der Waals surface area contributed by atoms with E-state index in [-0.39, 0.29) is 11.4 Å². The number of carbonyl (C=O) groups excluding carboxylic acids is 1. The van der Waals surface area contributed by atoms with Gasteiger partial charge in [-0.2, -0.15) is 5.10 Å². The van der Waals surface area contributed by atoms with Gasteiger partial charge in [0, 0.05) is 17.1 Å². The van der Waals surface area contributed by atoms with Crippen molar-refractivity contribution in [1.29, 1.82) is 0 Å². The molecule has 1 aromatic carbocycles. The second-order valence-electron chi connectivity index (χ2n) is 6.25. The summed E-state index contributed by atoms with van der Waals surface area (Å²) in [6, 6.07) is 5.46. The summed E-state index contributed by atoms with van der Waals surface area (Å²) in [4.78, 5) is 12.4. The zero-order valence-electron chi connectivity index (χ0n) is 13.2. The van der Waals surface area contributed by atoms with E-state index in [0.29, 0.717) is 11.3 Å². The van der Waals surface area contributed by atoms with Crippen LogP contribution >= 0.6 is 0 Å². The van der Waals surface area contributed by atoms with Gasteiger partial charge in [0.2, 0.25) is 0 Å². The van der Waals surface area contributed by atoms with Crippen molar-refractivity contribution in [2.75, 3.05) is 11.1 Å². The molecule has 1 heterocycles. The molecule has 112 valence electrons. The average Bonchev–Trinajstić information content (AvgIpc) is 2.75. The maximum atomic E-state index is 12.4. The standard InChI is InChI=1S/C16H22N4O/c1-10-6-7-12(17)8-14(10)19-15(21)13-9-18-20(11(13)2)16(3,4)5/h6-9H,17H2,1-5H3,(H,19,21). The predicted molar refractivity (Wildman–Crippen MR) is 85.5 cm³/mol. The lowest BCUT2D eigenvalue weighted by Crippen LogP contribution is -2.25. The lowest BCUT2D eigenvalue weighted by molar-refractivity contribution is 0.102. The van der Waals surface area contributed by atoms with Crippen LogP contribution < -0.4 is 11.1 Å². The summed E-state index contributed by atoms with van der Waals surface area (Å²) in [7, 11) is 0. The predicted octanol–water partition coefficient (Wildman–Crippen LogP) is 3.09. The molecular formula is C16H22N4O. The first-order chi connectivity index (χ1) is 9.70. The van der Waals surface area contributed by atoms with Crippen molar-refractivity contribution in [2.45, 2.75) is 40.2 Å². The van der Waals surface area contributed by atoms with E-state index in [9.17, 15) is 4.79 Å². The van der Waals surface area contributed by atoms with Gasteiger partial charge in [0.05, 0.1) is 17.3 Å². The number of nitrogens with one attached hydrogen (secondary N) is 1. The third-order valence-electron chi connectivity index (χ3n) is 3.40. The van der Waals surface area contributed by atoms with Crippen LogP contribution in [0.4, 0.5) is 11.4 Å². The monoisotopic (exact) mass is 286 g/mol. The highest BCUT2D eigenvalue weighted by atomic mass is 16.1. The minimum absolute atomic E-state index is 0.157. The third kappa shape index (κ3) is 3.07. The molecule has 0 atom stereocenters. The molecule has 0 unspecified atom stereocenters. The molecule has 0 saturated heterocycles. The number of hydrogen-bond acceptors (Lipinski definition) is 3. The molecule has 2 aromatic rings. The van der Waals surface area contributed by atoms with Crippen molar-refractivity contribution in [2.24, 2.45) is 0 Å². The molecule has 0 fully saturated rings. The molecule has 5 heteroatoms. The second kappa shape index (κ2) is 5.24. The van der Waals surface area contributed by atoms with Gasteiger partial charge in [-0.25, -0.2) is 0 Å². The number of amides is 1. The Morgan fingerprint density at radius 3 is 2.52 bits per heavy atom. The highest BCUT2D eigenvalue weighted by Gasteiger charge is 2.21. The zero-order valence-corrected chi connectivity index (χ0v) is 13.2. The molecule has 21 heavy (non-hydrogen) atoms. The minimum atomic E-state index is -0.170. The lowest BCUT2D eigenvalue weighted by atomic mass is 10.1. The fourth-order valence-corrected chi connectivity index (χ4v) is 2.27. The molecule has 0 aliphatic rings. The molecule has 0 spiro atoms. The van der Waals surface area contributed by atoms with E-state index in [1.54, 1.807) is 12.3 Å². The summed E-state index contributed by atoms with van der Waals surface area (Å²) in [6.45, 7) is 9.99. The number of carbonyl (C=O) groups is 1. The fraction of sp³-hybridized carbons (Fsp3) is 0.375. The second-order valence-corrected chi connectivity index (χ2v) is 6.25. The van der Waals surface area contributed by atoms with Crippen LogP contribution in [0, 0.1) is 13.8 Å². The number of hydrogen-bond donors (Lipinski definition) is 2. The smallest absolute Gasteiger partial charge is 0.259 e. The van der Waals surface area contributed by atoms with E-state index in [4.69, 9.17) is 5.73 Å². The van der Waals surface area contributed by atoms with E-state index in [1.165, 1.54) is 0 Å². The SMILES string of the molecule is Cc1ccc(N)cc1NC(=O)c1cnn(C(C)(C)C)c1C. The average molecular weight is 286 g/mol. The van der Waals surface area contributed by atoms with Crippen molar-refractivity contribution in [3.05, 3.63) is 41.2 Å². The van der Waals surface area contributed by atoms with Gasteiger partial charge in [0.1, 0.15) is 0 Å². The number of rotatable bonds is 2. The molecule has 1 amide bonds. The van der Waals surface area contributed by atoms with Gasteiger partial charge in [-0.3, -0.25) is 9.48 Å². The minimum Gasteiger partial charge on any atom is -0.399 e. The quantitative estimate of drug-likeness (QED) is 0.833. The highest BCUT2D eigenvalue weighted by Crippen LogP contribution is 2.22. The summed E-state index contributed by atoms with van der Waals surface area (Å²) in [5, 5.41) is 7.22. The van der Waals surface area contributed by atoms with Crippen molar-refractivity contribution in [3.8, 4) is 0 Å². The van der Waals surface area contributed by atoms with Crippen molar-refractivity contribution in [1.82, 2.24) is 9.78 Å². The molecule has 0 saturated carbocycles. The van der Waals surface area contributed by atoms with Crippen LogP contribution in [-0.4, -0.2) is 15.7 Å². The number of aromatic nitrogens is 2. The summed E-state index contributed by atoms with van der Waals surface area (Å²) in [5.74, 6) is -0.170. The van der Waals surface area contributed by atoms with E-state index in [0.717, 1.165) is 16.9 Å². The molecule has 0 radical (unpaired) electrons. The van der Waals surface area contributed by atoms with Crippen LogP contribution in [0.2, 0.25) is 0 Å². The molecular weight excluding hydrogens is 264 g/mol. The fourth-order valence-electron chi connectivity index (χ4n) is 2.27. The largest absolute Gasteiger partial charge is 0.399 e. The van der Waals surface area contributed by atoms with Gasteiger partial charge in [-0.05, 0) is 52.3 Å². The van der Waals surface area contributed by atoms with Gasteiger partial charge >= 0.3 is 0 Å². The Kier molecular flexibility index (Phi) is 3.77. The number of nitrogens with zero attached hydrogens (tertiary/aromatic N) is 2. The topological polar surface area (TPSA) is 72.9 Å². The number of benzene rings is 1. The Morgan fingerprint density at radius 1 is 1.29 bits per heavy atom. The van der Waals surface area contributed by atoms with Crippen LogP contribution in [0.25, 0.3) is 0 Å². The summed E-state index contributed by atoms with van der Waals surface area (Å²) in [6.07, 6.45) is 1.61. The Morgan fingerprint density at radius 2 is 1.95 bits per heavy atom. The molecule has 0 aliphatic carbocycles. The third-order valence-corrected chi connectivity index (χ3v) is 3.40. The van der Waals surface area contributed by atoms with Gasteiger partial charge in [-0.15, -0.1) is 0 Å². The Bertz CT molecular complexity index is 680. The van der Waals surface area contributed by atoms with Crippen molar-refractivity contribution in [3.63, 3.8) is 0 Å². The maximum Gasteiger partial charge on any atom is 0.259 e. The lowest BCUT2D eigenvalue weighted by Gasteiger charge is -2.21.